The van der Waals surface area contributed by atoms with Crippen LogP contribution in [0.3, 0.4) is 0 Å². The minimum absolute atomic E-state index is 0.0964. The van der Waals surface area contributed by atoms with E-state index in [4.69, 9.17) is 11.6 Å². The van der Waals surface area contributed by atoms with Crippen molar-refractivity contribution in [1.29, 1.82) is 0 Å². The zero-order chi connectivity index (χ0) is 12.0. The largest absolute Gasteiger partial charge is 0.294 e. The van der Waals surface area contributed by atoms with Gasteiger partial charge in [0.1, 0.15) is 0 Å². The van der Waals surface area contributed by atoms with Crippen molar-refractivity contribution in [2.75, 3.05) is 7.11 Å². The molecule has 86 valence electrons. The second-order valence-electron chi connectivity index (χ2n) is 3.16. The van der Waals surface area contributed by atoms with Crippen LogP contribution in [-0.4, -0.2) is 18.8 Å². The molecule has 0 saturated carbocycles. The van der Waals surface area contributed by atoms with Gasteiger partial charge in [-0.3, -0.25) is 14.4 Å². The quantitative estimate of drug-likeness (QED) is 0.634. The van der Waals surface area contributed by atoms with Gasteiger partial charge in [-0.25, -0.2) is 5.48 Å². The fourth-order valence-electron chi connectivity index (χ4n) is 1.20. The van der Waals surface area contributed by atoms with Crippen molar-refractivity contribution in [1.82, 2.24) is 5.48 Å². The monoisotopic (exact) mass is 241 g/mol. The van der Waals surface area contributed by atoms with Crippen LogP contribution in [0.2, 0.25) is 5.02 Å². The first-order valence-corrected chi connectivity index (χ1v) is 5.12. The summed E-state index contributed by atoms with van der Waals surface area (Å²) in [6, 6.07) is 6.64. The van der Waals surface area contributed by atoms with E-state index < -0.39 is 0 Å². The Morgan fingerprint density at radius 1 is 1.38 bits per heavy atom. The molecule has 1 N–H and O–H groups in total. The molecule has 1 aromatic carbocycles. The van der Waals surface area contributed by atoms with Gasteiger partial charge < -0.3 is 0 Å². The Morgan fingerprint density at radius 2 is 2.12 bits per heavy atom. The molecule has 0 bridgehead atoms. The molecular weight excluding hydrogens is 230 g/mol. The highest BCUT2D eigenvalue weighted by Crippen LogP contribution is 2.12. The molecule has 0 saturated heterocycles. The molecular formula is C11H12ClNO3. The first-order chi connectivity index (χ1) is 7.63. The number of halogens is 1. The summed E-state index contributed by atoms with van der Waals surface area (Å²) in [5.74, 6) is -0.438. The van der Waals surface area contributed by atoms with Crippen LogP contribution >= 0.6 is 11.6 Å². The first-order valence-electron chi connectivity index (χ1n) is 4.74. The summed E-state index contributed by atoms with van der Waals surface area (Å²) < 4.78 is 0. The second-order valence-corrected chi connectivity index (χ2v) is 3.60. The van der Waals surface area contributed by atoms with Crippen molar-refractivity contribution >= 4 is 23.3 Å². The van der Waals surface area contributed by atoms with E-state index in [0.29, 0.717) is 10.6 Å². The average molecular weight is 242 g/mol. The summed E-state index contributed by atoms with van der Waals surface area (Å²) in [7, 11) is 1.34. The number of Topliss-reactive ketones (excluding diaryl/α,β-unsaturated/α-hetero) is 1. The third kappa shape index (κ3) is 4.00. The zero-order valence-electron chi connectivity index (χ0n) is 8.83. The number of carbonyl (C=O) groups is 2. The molecule has 1 amide bonds. The van der Waals surface area contributed by atoms with Gasteiger partial charge in [-0.2, -0.15) is 0 Å². The molecule has 0 aliphatic rings. The Labute approximate surface area is 98.5 Å². The molecule has 0 spiro atoms. The number of benzene rings is 1. The summed E-state index contributed by atoms with van der Waals surface area (Å²) in [5.41, 5.74) is 2.66. The molecule has 0 fully saturated rings. The minimum Gasteiger partial charge on any atom is -0.294 e. The van der Waals surface area contributed by atoms with Gasteiger partial charge in [-0.05, 0) is 12.1 Å². The van der Waals surface area contributed by atoms with Gasteiger partial charge in [0.25, 0.3) is 0 Å². The lowest BCUT2D eigenvalue weighted by molar-refractivity contribution is -0.131. The van der Waals surface area contributed by atoms with E-state index in [2.05, 4.69) is 10.3 Å². The van der Waals surface area contributed by atoms with E-state index in [9.17, 15) is 9.59 Å². The topological polar surface area (TPSA) is 55.4 Å². The van der Waals surface area contributed by atoms with Gasteiger partial charge >= 0.3 is 0 Å². The number of rotatable bonds is 5. The highest BCUT2D eigenvalue weighted by molar-refractivity contribution is 6.31. The van der Waals surface area contributed by atoms with Gasteiger partial charge in [0.15, 0.2) is 5.78 Å². The predicted octanol–water partition coefficient (Wildman–Crippen LogP) is 1.98. The number of hydrogen-bond acceptors (Lipinski definition) is 3. The third-order valence-corrected chi connectivity index (χ3v) is 2.18. The van der Waals surface area contributed by atoms with Crippen molar-refractivity contribution in [2.45, 2.75) is 12.8 Å². The van der Waals surface area contributed by atoms with E-state index in [0.717, 1.165) is 0 Å². The maximum Gasteiger partial charge on any atom is 0.243 e. The SMILES string of the molecule is CONC(=O)CCC(=O)c1cccc(Cl)c1. The lowest BCUT2D eigenvalue weighted by atomic mass is 10.1. The molecule has 16 heavy (non-hydrogen) atoms. The summed E-state index contributed by atoms with van der Waals surface area (Å²) >= 11 is 5.75. The molecule has 0 aromatic heterocycles. The maximum absolute atomic E-state index is 11.6. The van der Waals surface area contributed by atoms with Crippen LogP contribution in [0.15, 0.2) is 24.3 Å². The van der Waals surface area contributed by atoms with Crippen molar-refractivity contribution in [3.8, 4) is 0 Å². The van der Waals surface area contributed by atoms with E-state index in [1.807, 2.05) is 0 Å². The number of hydrogen-bond donors (Lipinski definition) is 1. The van der Waals surface area contributed by atoms with Crippen LogP contribution in [0.4, 0.5) is 0 Å². The van der Waals surface area contributed by atoms with E-state index in [-0.39, 0.29) is 24.5 Å². The number of hydroxylamine groups is 1. The molecule has 0 heterocycles. The Bertz CT molecular complexity index is 393. The summed E-state index contributed by atoms with van der Waals surface area (Å²) in [6.45, 7) is 0. The summed E-state index contributed by atoms with van der Waals surface area (Å²) in [4.78, 5) is 27.1. The lowest BCUT2D eigenvalue weighted by Gasteiger charge is -2.02. The number of amides is 1. The zero-order valence-corrected chi connectivity index (χ0v) is 9.58. The molecule has 4 nitrogen and oxygen atoms in total. The smallest absolute Gasteiger partial charge is 0.243 e. The molecule has 0 atom stereocenters. The van der Waals surface area contributed by atoms with Gasteiger partial charge in [0.2, 0.25) is 5.91 Å². The molecule has 1 aromatic rings. The van der Waals surface area contributed by atoms with Gasteiger partial charge in [0.05, 0.1) is 7.11 Å². The molecule has 1 rings (SSSR count). The first kappa shape index (κ1) is 12.7. The molecule has 0 aliphatic heterocycles. The van der Waals surface area contributed by atoms with Gasteiger partial charge in [-0.1, -0.05) is 23.7 Å². The van der Waals surface area contributed by atoms with Gasteiger partial charge in [0, 0.05) is 23.4 Å². The number of carbonyl (C=O) groups excluding carboxylic acids is 2. The van der Waals surface area contributed by atoms with E-state index in [1.165, 1.54) is 7.11 Å². The molecule has 0 unspecified atom stereocenters. The van der Waals surface area contributed by atoms with Gasteiger partial charge in [-0.15, -0.1) is 0 Å². The fourth-order valence-corrected chi connectivity index (χ4v) is 1.39. The molecule has 0 radical (unpaired) electrons. The van der Waals surface area contributed by atoms with Crippen molar-refractivity contribution in [3.05, 3.63) is 34.9 Å². The van der Waals surface area contributed by atoms with Crippen LogP contribution in [0.1, 0.15) is 23.2 Å². The van der Waals surface area contributed by atoms with Crippen LogP contribution in [0, 0.1) is 0 Å². The number of nitrogens with one attached hydrogen (secondary N) is 1. The fraction of sp³-hybridized carbons (Fsp3) is 0.273. The van der Waals surface area contributed by atoms with Crippen molar-refractivity contribution < 1.29 is 14.4 Å². The van der Waals surface area contributed by atoms with Crippen LogP contribution in [0.25, 0.3) is 0 Å². The third-order valence-electron chi connectivity index (χ3n) is 1.94. The Hall–Kier alpha value is -1.39. The summed E-state index contributed by atoms with van der Waals surface area (Å²) in [6.07, 6.45) is 0.231. The van der Waals surface area contributed by atoms with Crippen molar-refractivity contribution in [2.24, 2.45) is 0 Å². The molecule has 0 aliphatic carbocycles. The minimum atomic E-state index is -0.321. The normalized spacial score (nSPS) is 9.88. The Morgan fingerprint density at radius 3 is 2.75 bits per heavy atom. The van der Waals surface area contributed by atoms with Crippen LogP contribution in [0.5, 0.6) is 0 Å². The Balaban J connectivity index is 2.50. The predicted molar refractivity (Wildman–Crippen MR) is 60.2 cm³/mol. The maximum atomic E-state index is 11.6. The van der Waals surface area contributed by atoms with E-state index >= 15 is 0 Å². The average Bonchev–Trinajstić information content (AvgIpc) is 2.26. The number of ketones is 1. The van der Waals surface area contributed by atoms with E-state index in [1.54, 1.807) is 24.3 Å². The lowest BCUT2D eigenvalue weighted by Crippen LogP contribution is -2.22. The van der Waals surface area contributed by atoms with Crippen LogP contribution in [-0.2, 0) is 9.63 Å². The van der Waals surface area contributed by atoms with Crippen molar-refractivity contribution in [3.63, 3.8) is 0 Å². The second kappa shape index (κ2) is 6.25. The summed E-state index contributed by atoms with van der Waals surface area (Å²) in [5, 5.41) is 0.507. The molecule has 5 heteroatoms. The standard InChI is InChI=1S/C11H12ClNO3/c1-16-13-11(15)6-5-10(14)8-3-2-4-9(12)7-8/h2-4,7H,5-6H2,1H3,(H,13,15). The highest BCUT2D eigenvalue weighted by Gasteiger charge is 2.09. The Kier molecular flexibility index (Phi) is 4.95. The van der Waals surface area contributed by atoms with Crippen LogP contribution < -0.4 is 5.48 Å². The highest BCUT2D eigenvalue weighted by atomic mass is 35.5.